The van der Waals surface area contributed by atoms with Crippen LogP contribution >= 0.6 is 0 Å². The summed E-state index contributed by atoms with van der Waals surface area (Å²) in [4.78, 5) is 32.5. The molecule has 6 nitrogen and oxygen atoms in total. The van der Waals surface area contributed by atoms with E-state index in [0.29, 0.717) is 0 Å². The predicted molar refractivity (Wildman–Crippen MR) is 53.4 cm³/mol. The van der Waals surface area contributed by atoms with Gasteiger partial charge in [0.2, 0.25) is 0 Å². The fraction of sp³-hybridized carbons (Fsp3) is 0.182. The Bertz CT molecular complexity index is 482. The Kier molecular flexibility index (Phi) is 6.32. The van der Waals surface area contributed by atoms with Gasteiger partial charge in [0.1, 0.15) is 0 Å². The summed E-state index contributed by atoms with van der Waals surface area (Å²) in [5.41, 5.74) is -0.362. The summed E-state index contributed by atoms with van der Waals surface area (Å²) in [6, 6.07) is 3.84. The van der Waals surface area contributed by atoms with Crippen molar-refractivity contribution in [3.63, 3.8) is 0 Å². The standard InChI is InChI=1S/C11H10O6.Ag/c1-6(12)16-9-5-3-4-8(11(14)15)10(9)17-7(2)13;/h3-5H,1-2H3,(H,14,15);/q;+1/p-1. The zero-order valence-corrected chi connectivity index (χ0v) is 11.0. The quantitative estimate of drug-likeness (QED) is 0.432. The van der Waals surface area contributed by atoms with Gasteiger partial charge in [0.05, 0.1) is 5.97 Å². The second kappa shape index (κ2) is 6.95. The Morgan fingerprint density at radius 3 is 2.06 bits per heavy atom. The first-order chi connectivity index (χ1) is 7.91. The van der Waals surface area contributed by atoms with Crippen LogP contribution in [0, 0.1) is 0 Å². The van der Waals surface area contributed by atoms with E-state index in [0.717, 1.165) is 13.8 Å². The second-order valence-electron chi connectivity index (χ2n) is 3.11. The van der Waals surface area contributed by atoms with Crippen molar-refractivity contribution in [2.75, 3.05) is 0 Å². The van der Waals surface area contributed by atoms with Crippen LogP contribution in [0.5, 0.6) is 11.5 Å². The summed E-state index contributed by atoms with van der Waals surface area (Å²) in [5, 5.41) is 10.8. The molecule has 0 radical (unpaired) electrons. The van der Waals surface area contributed by atoms with Crippen LogP contribution in [0.1, 0.15) is 24.2 Å². The normalized spacial score (nSPS) is 9.00. The number of carboxylic acids is 1. The molecule has 0 atom stereocenters. The van der Waals surface area contributed by atoms with Crippen LogP contribution in [0.25, 0.3) is 0 Å². The van der Waals surface area contributed by atoms with Crippen LogP contribution in [-0.2, 0) is 32.0 Å². The van der Waals surface area contributed by atoms with Crippen LogP contribution in [0.4, 0.5) is 0 Å². The number of aromatic carboxylic acids is 1. The van der Waals surface area contributed by atoms with Crippen molar-refractivity contribution in [3.8, 4) is 11.5 Å². The van der Waals surface area contributed by atoms with Crippen LogP contribution in [0.2, 0.25) is 0 Å². The number of hydrogen-bond donors (Lipinski definition) is 0. The third-order valence-electron chi connectivity index (χ3n) is 1.70. The number of hydrogen-bond acceptors (Lipinski definition) is 6. The fourth-order valence-electron chi connectivity index (χ4n) is 1.16. The molecule has 1 aromatic rings. The first-order valence-electron chi connectivity index (χ1n) is 4.63. The summed E-state index contributed by atoms with van der Waals surface area (Å²) in [5.74, 6) is -3.40. The number of carboxylic acid groups (broad SMARTS) is 1. The molecular weight excluding hydrogens is 336 g/mol. The largest absolute Gasteiger partial charge is 1.00 e. The van der Waals surface area contributed by atoms with Gasteiger partial charge in [0.25, 0.3) is 0 Å². The summed E-state index contributed by atoms with van der Waals surface area (Å²) in [6.45, 7) is 2.24. The maximum absolute atomic E-state index is 10.8. The van der Waals surface area contributed by atoms with Crippen molar-refractivity contribution in [1.29, 1.82) is 0 Å². The molecule has 0 bridgehead atoms. The fourth-order valence-corrected chi connectivity index (χ4v) is 1.16. The Balaban J connectivity index is 0.00000289. The summed E-state index contributed by atoms with van der Waals surface area (Å²) < 4.78 is 9.43. The molecule has 0 amide bonds. The molecule has 0 unspecified atom stereocenters. The number of carbonyl (C=O) groups excluding carboxylic acids is 3. The summed E-state index contributed by atoms with van der Waals surface area (Å²) in [6.07, 6.45) is 0. The molecule has 0 fully saturated rings. The Hall–Kier alpha value is -1.63. The minimum Gasteiger partial charge on any atom is -0.545 e. The van der Waals surface area contributed by atoms with Gasteiger partial charge >= 0.3 is 34.3 Å². The van der Waals surface area contributed by atoms with Crippen LogP contribution in [-0.4, -0.2) is 17.9 Å². The summed E-state index contributed by atoms with van der Waals surface area (Å²) >= 11 is 0. The van der Waals surface area contributed by atoms with E-state index in [1.807, 2.05) is 0 Å². The van der Waals surface area contributed by atoms with E-state index < -0.39 is 17.9 Å². The molecule has 0 aliphatic carbocycles. The molecule has 1 aromatic carbocycles. The van der Waals surface area contributed by atoms with Gasteiger partial charge in [-0.3, -0.25) is 9.59 Å². The number of ether oxygens (including phenoxy) is 2. The Labute approximate surface area is 118 Å². The van der Waals surface area contributed by atoms with E-state index >= 15 is 0 Å². The minimum absolute atomic E-state index is 0. The van der Waals surface area contributed by atoms with Crippen molar-refractivity contribution in [2.45, 2.75) is 13.8 Å². The zero-order chi connectivity index (χ0) is 13.0. The van der Waals surface area contributed by atoms with Gasteiger partial charge in [-0.05, 0) is 12.1 Å². The molecule has 0 aliphatic heterocycles. The van der Waals surface area contributed by atoms with Crippen molar-refractivity contribution in [1.82, 2.24) is 0 Å². The van der Waals surface area contributed by atoms with Crippen LogP contribution in [0.15, 0.2) is 18.2 Å². The van der Waals surface area contributed by atoms with Gasteiger partial charge in [-0.2, -0.15) is 0 Å². The van der Waals surface area contributed by atoms with Crippen LogP contribution in [0.3, 0.4) is 0 Å². The molecule has 0 aliphatic rings. The first-order valence-corrected chi connectivity index (χ1v) is 4.63. The first kappa shape index (κ1) is 16.4. The molecule has 7 heteroatoms. The van der Waals surface area contributed by atoms with Crippen molar-refractivity contribution in [3.05, 3.63) is 23.8 Å². The van der Waals surface area contributed by atoms with Gasteiger partial charge < -0.3 is 19.4 Å². The van der Waals surface area contributed by atoms with E-state index in [9.17, 15) is 19.5 Å². The molecule has 18 heavy (non-hydrogen) atoms. The monoisotopic (exact) mass is 344 g/mol. The van der Waals surface area contributed by atoms with E-state index in [1.165, 1.54) is 18.2 Å². The Morgan fingerprint density at radius 2 is 1.61 bits per heavy atom. The minimum atomic E-state index is -1.53. The van der Waals surface area contributed by atoms with Gasteiger partial charge in [0, 0.05) is 19.4 Å². The predicted octanol–water partition coefficient (Wildman–Crippen LogP) is -0.102. The van der Waals surface area contributed by atoms with E-state index in [-0.39, 0.29) is 39.4 Å². The third-order valence-corrected chi connectivity index (χ3v) is 1.70. The van der Waals surface area contributed by atoms with E-state index in [4.69, 9.17) is 9.47 Å². The number of rotatable bonds is 3. The van der Waals surface area contributed by atoms with E-state index in [1.54, 1.807) is 0 Å². The van der Waals surface area contributed by atoms with Crippen LogP contribution < -0.4 is 14.6 Å². The Morgan fingerprint density at radius 1 is 1.06 bits per heavy atom. The molecule has 0 spiro atoms. The number of carbonyl (C=O) groups is 3. The smallest absolute Gasteiger partial charge is 0.545 e. The van der Waals surface area contributed by atoms with Crippen molar-refractivity contribution >= 4 is 17.9 Å². The number of para-hydroxylation sites is 1. The maximum atomic E-state index is 10.8. The molecule has 100 valence electrons. The summed E-state index contributed by atoms with van der Waals surface area (Å²) in [7, 11) is 0. The maximum Gasteiger partial charge on any atom is 1.00 e. The van der Waals surface area contributed by atoms with Crippen molar-refractivity contribution in [2.24, 2.45) is 0 Å². The number of benzene rings is 1. The second-order valence-corrected chi connectivity index (χ2v) is 3.11. The molecular formula is C11H9AgO6. The SMILES string of the molecule is CC(=O)Oc1cccc(C(=O)[O-])c1OC(C)=O.[Ag+]. The van der Waals surface area contributed by atoms with Gasteiger partial charge in [-0.1, -0.05) is 6.07 Å². The molecule has 0 aromatic heterocycles. The number of esters is 2. The van der Waals surface area contributed by atoms with Gasteiger partial charge in [-0.15, -0.1) is 0 Å². The molecule has 0 saturated carbocycles. The van der Waals surface area contributed by atoms with Gasteiger partial charge in [-0.25, -0.2) is 0 Å². The van der Waals surface area contributed by atoms with Crippen molar-refractivity contribution < 1.29 is 51.3 Å². The molecule has 0 saturated heterocycles. The zero-order valence-electron chi connectivity index (χ0n) is 9.48. The molecule has 0 heterocycles. The average Bonchev–Trinajstić information content (AvgIpc) is 2.18. The molecule has 0 N–H and O–H groups in total. The average molecular weight is 345 g/mol. The third kappa shape index (κ3) is 4.33. The van der Waals surface area contributed by atoms with Gasteiger partial charge in [0.15, 0.2) is 11.5 Å². The molecule has 1 rings (SSSR count). The topological polar surface area (TPSA) is 92.7 Å². The van der Waals surface area contributed by atoms with E-state index in [2.05, 4.69) is 0 Å².